The summed E-state index contributed by atoms with van der Waals surface area (Å²) in [6.45, 7) is 1.36. The Kier molecular flexibility index (Phi) is 7.93. The zero-order valence-electron chi connectivity index (χ0n) is 19.1. The van der Waals surface area contributed by atoms with Crippen molar-refractivity contribution < 1.29 is 14.3 Å². The highest BCUT2D eigenvalue weighted by molar-refractivity contribution is 9.10. The van der Waals surface area contributed by atoms with Crippen molar-refractivity contribution in [1.29, 1.82) is 0 Å². The fourth-order valence-corrected chi connectivity index (χ4v) is 4.08. The molecule has 11 heteroatoms. The number of benzene rings is 3. The van der Waals surface area contributed by atoms with E-state index in [1.54, 1.807) is 55.5 Å². The number of nitrogens with zero attached hydrogens (tertiary/aromatic N) is 3. The number of hydrogen-bond donors (Lipinski definition) is 1. The van der Waals surface area contributed by atoms with Crippen LogP contribution in [0.15, 0.2) is 69.0 Å². The van der Waals surface area contributed by atoms with E-state index in [2.05, 4.69) is 31.3 Å². The number of carbonyl (C=O) groups is 1. The van der Waals surface area contributed by atoms with Gasteiger partial charge in [0.25, 0.3) is 11.5 Å². The van der Waals surface area contributed by atoms with Crippen LogP contribution in [0.25, 0.3) is 10.9 Å². The molecule has 0 unspecified atom stereocenters. The first kappa shape index (κ1) is 25.7. The molecule has 0 saturated heterocycles. The lowest BCUT2D eigenvalue weighted by atomic mass is 10.2. The second-order valence-corrected chi connectivity index (χ2v) is 9.34. The van der Waals surface area contributed by atoms with Crippen LogP contribution in [0.2, 0.25) is 10.0 Å². The lowest BCUT2D eigenvalue weighted by Gasteiger charge is -2.14. The molecule has 8 nitrogen and oxygen atoms in total. The van der Waals surface area contributed by atoms with Crippen LogP contribution in [-0.2, 0) is 4.79 Å². The maximum atomic E-state index is 13.1. The first-order valence-electron chi connectivity index (χ1n) is 10.5. The largest absolute Gasteiger partial charge is 0.493 e. The van der Waals surface area contributed by atoms with Gasteiger partial charge in [-0.2, -0.15) is 9.78 Å². The summed E-state index contributed by atoms with van der Waals surface area (Å²) in [6.07, 6.45) is 1.40. The number of aryl methyl sites for hydroxylation is 1. The number of anilines is 1. The topological polar surface area (TPSA) is 94.8 Å². The molecule has 0 aliphatic heterocycles. The molecule has 0 aliphatic rings. The Bertz CT molecular complexity index is 1540. The van der Waals surface area contributed by atoms with Crippen LogP contribution < -0.4 is 20.3 Å². The van der Waals surface area contributed by atoms with Crippen LogP contribution in [0.3, 0.4) is 0 Å². The fraction of sp³-hybridized carbons (Fsp3) is 0.120. The molecule has 0 spiro atoms. The van der Waals surface area contributed by atoms with Gasteiger partial charge in [-0.3, -0.25) is 9.59 Å². The Morgan fingerprint density at radius 2 is 1.89 bits per heavy atom. The van der Waals surface area contributed by atoms with Gasteiger partial charge in [-0.05, 0) is 55.5 Å². The minimum atomic E-state index is -0.395. The second-order valence-electron chi connectivity index (χ2n) is 7.55. The van der Waals surface area contributed by atoms with Gasteiger partial charge >= 0.3 is 0 Å². The number of fused-ring (bicyclic) bond motifs is 1. The van der Waals surface area contributed by atoms with E-state index < -0.39 is 5.91 Å². The van der Waals surface area contributed by atoms with Crippen molar-refractivity contribution in [2.24, 2.45) is 5.10 Å². The molecule has 184 valence electrons. The molecular weight excluding hydrogens is 571 g/mol. The van der Waals surface area contributed by atoms with E-state index in [4.69, 9.17) is 32.7 Å². The van der Waals surface area contributed by atoms with E-state index >= 15 is 0 Å². The molecule has 0 fully saturated rings. The van der Waals surface area contributed by atoms with Gasteiger partial charge in [-0.15, -0.1) is 0 Å². The highest BCUT2D eigenvalue weighted by atomic mass is 79.9. The molecule has 3 aromatic carbocycles. The number of nitrogens with one attached hydrogen (secondary N) is 1. The van der Waals surface area contributed by atoms with Crippen molar-refractivity contribution in [2.75, 3.05) is 19.0 Å². The van der Waals surface area contributed by atoms with E-state index in [9.17, 15) is 9.59 Å². The lowest BCUT2D eigenvalue weighted by Crippen LogP contribution is -2.21. The normalized spacial score (nSPS) is 11.1. The SMILES string of the molecule is COc1cc(Cl)cc(C=Nn2c(C)nc3ccc(Br)cc3c2=O)c1OCC(=O)Nc1ccc(Cl)cc1. The summed E-state index contributed by atoms with van der Waals surface area (Å²) in [6, 6.07) is 15.1. The Balaban J connectivity index is 1.63. The van der Waals surface area contributed by atoms with Crippen molar-refractivity contribution in [3.05, 3.63) is 90.9 Å². The van der Waals surface area contributed by atoms with Gasteiger partial charge in [0.15, 0.2) is 18.1 Å². The number of aromatic nitrogens is 2. The van der Waals surface area contributed by atoms with E-state index in [1.165, 1.54) is 18.0 Å². The first-order chi connectivity index (χ1) is 17.2. The van der Waals surface area contributed by atoms with E-state index in [0.29, 0.717) is 43.8 Å². The van der Waals surface area contributed by atoms with Gasteiger partial charge in [0.05, 0.1) is 24.2 Å². The standard InChI is InChI=1S/C25H19BrCl2N4O4/c1-14-30-21-8-3-16(26)10-20(21)25(34)32(14)29-12-15-9-18(28)11-22(35-2)24(15)36-13-23(33)31-19-6-4-17(27)5-7-19/h3-12H,13H2,1-2H3,(H,31,33). The van der Waals surface area contributed by atoms with Crippen molar-refractivity contribution in [3.8, 4) is 11.5 Å². The molecule has 0 atom stereocenters. The lowest BCUT2D eigenvalue weighted by molar-refractivity contribution is -0.118. The molecule has 1 N–H and O–H groups in total. The van der Waals surface area contributed by atoms with Crippen LogP contribution in [-0.4, -0.2) is 35.5 Å². The summed E-state index contributed by atoms with van der Waals surface area (Å²) in [5.41, 5.74) is 1.20. The van der Waals surface area contributed by atoms with E-state index in [-0.39, 0.29) is 17.9 Å². The second kappa shape index (κ2) is 11.1. The predicted molar refractivity (Wildman–Crippen MR) is 145 cm³/mol. The quantitative estimate of drug-likeness (QED) is 0.280. The van der Waals surface area contributed by atoms with Crippen LogP contribution in [0.4, 0.5) is 5.69 Å². The number of amides is 1. The maximum Gasteiger partial charge on any atom is 0.282 e. The number of methoxy groups -OCH3 is 1. The minimum Gasteiger partial charge on any atom is -0.493 e. The molecule has 1 heterocycles. The molecule has 4 rings (SSSR count). The number of ether oxygens (including phenoxy) is 2. The molecule has 1 amide bonds. The molecule has 4 aromatic rings. The molecule has 0 bridgehead atoms. The smallest absolute Gasteiger partial charge is 0.282 e. The van der Waals surface area contributed by atoms with Crippen LogP contribution >= 0.6 is 39.1 Å². The van der Waals surface area contributed by atoms with Crippen LogP contribution in [0.5, 0.6) is 11.5 Å². The third-order valence-electron chi connectivity index (χ3n) is 5.03. The summed E-state index contributed by atoms with van der Waals surface area (Å²) in [5, 5.41) is 8.37. The Labute approximate surface area is 224 Å². The highest BCUT2D eigenvalue weighted by Crippen LogP contribution is 2.34. The van der Waals surface area contributed by atoms with E-state index in [1.807, 2.05) is 6.07 Å². The molecule has 0 radical (unpaired) electrons. The van der Waals surface area contributed by atoms with Crippen molar-refractivity contribution in [3.63, 3.8) is 0 Å². The Morgan fingerprint density at radius 3 is 2.61 bits per heavy atom. The van der Waals surface area contributed by atoms with Crippen molar-refractivity contribution in [1.82, 2.24) is 9.66 Å². The molecular formula is C25H19BrCl2N4O4. The number of carbonyl (C=O) groups excluding carboxylic acids is 1. The van der Waals surface area contributed by atoms with Crippen LogP contribution in [0, 0.1) is 6.92 Å². The predicted octanol–water partition coefficient (Wildman–Crippen LogP) is 5.68. The Hall–Kier alpha value is -3.40. The summed E-state index contributed by atoms with van der Waals surface area (Å²) in [5.74, 6) is 0.533. The highest BCUT2D eigenvalue weighted by Gasteiger charge is 2.15. The number of rotatable bonds is 7. The van der Waals surface area contributed by atoms with Gasteiger partial charge < -0.3 is 14.8 Å². The average molecular weight is 590 g/mol. The monoisotopic (exact) mass is 588 g/mol. The molecule has 1 aromatic heterocycles. The van der Waals surface area contributed by atoms with Crippen molar-refractivity contribution >= 4 is 67.8 Å². The zero-order valence-corrected chi connectivity index (χ0v) is 22.2. The van der Waals surface area contributed by atoms with Gasteiger partial charge in [0.1, 0.15) is 5.82 Å². The number of hydrogen-bond acceptors (Lipinski definition) is 6. The summed E-state index contributed by atoms with van der Waals surface area (Å²) in [4.78, 5) is 29.9. The van der Waals surface area contributed by atoms with Crippen LogP contribution in [0.1, 0.15) is 11.4 Å². The minimum absolute atomic E-state index is 0.235. The molecule has 36 heavy (non-hydrogen) atoms. The van der Waals surface area contributed by atoms with Gasteiger partial charge in [0, 0.05) is 31.8 Å². The van der Waals surface area contributed by atoms with Gasteiger partial charge in [0.2, 0.25) is 0 Å². The molecule has 0 aliphatic carbocycles. The third kappa shape index (κ3) is 5.87. The number of halogens is 3. The average Bonchev–Trinajstić information content (AvgIpc) is 2.84. The van der Waals surface area contributed by atoms with Crippen molar-refractivity contribution in [2.45, 2.75) is 6.92 Å². The summed E-state index contributed by atoms with van der Waals surface area (Å²) < 4.78 is 13.1. The Morgan fingerprint density at radius 1 is 1.14 bits per heavy atom. The first-order valence-corrected chi connectivity index (χ1v) is 12.1. The molecule has 0 saturated carbocycles. The fourth-order valence-electron chi connectivity index (χ4n) is 3.37. The summed E-state index contributed by atoms with van der Waals surface area (Å²) >= 11 is 15.5. The third-order valence-corrected chi connectivity index (χ3v) is 5.99. The zero-order chi connectivity index (χ0) is 25.8. The maximum absolute atomic E-state index is 13.1. The van der Waals surface area contributed by atoms with E-state index in [0.717, 1.165) is 4.47 Å². The van der Waals surface area contributed by atoms with Gasteiger partial charge in [-0.1, -0.05) is 39.1 Å². The van der Waals surface area contributed by atoms with Gasteiger partial charge in [-0.25, -0.2) is 4.98 Å². The summed E-state index contributed by atoms with van der Waals surface area (Å²) in [7, 11) is 1.45.